The third-order valence-corrected chi connectivity index (χ3v) is 4.67. The van der Waals surface area contributed by atoms with Crippen LogP contribution in [0.2, 0.25) is 0 Å². The fourth-order valence-corrected chi connectivity index (χ4v) is 3.40. The van der Waals surface area contributed by atoms with Crippen molar-refractivity contribution in [3.05, 3.63) is 34.9 Å². The lowest BCUT2D eigenvalue weighted by molar-refractivity contribution is 0.0689. The molecule has 1 saturated heterocycles. The molecule has 0 aliphatic carbocycles. The summed E-state index contributed by atoms with van der Waals surface area (Å²) in [6.07, 6.45) is 2.04. The molecular formula is C17H20N2O3. The van der Waals surface area contributed by atoms with Gasteiger partial charge < -0.3 is 4.90 Å². The van der Waals surface area contributed by atoms with Crippen LogP contribution >= 0.6 is 0 Å². The Morgan fingerprint density at radius 3 is 2.55 bits per heavy atom. The summed E-state index contributed by atoms with van der Waals surface area (Å²) in [5.41, 5.74) is 1.20. The molecule has 0 bridgehead atoms. The van der Waals surface area contributed by atoms with Crippen molar-refractivity contribution in [3.63, 3.8) is 0 Å². The van der Waals surface area contributed by atoms with Crippen molar-refractivity contribution in [2.45, 2.75) is 32.7 Å². The number of carbonyl (C=O) groups is 3. The number of hydrogen-bond acceptors (Lipinski definition) is 3. The molecule has 5 nitrogen and oxygen atoms in total. The molecule has 2 aliphatic heterocycles. The van der Waals surface area contributed by atoms with Gasteiger partial charge in [0, 0.05) is 25.2 Å². The lowest BCUT2D eigenvalue weighted by atomic mass is 10.0. The van der Waals surface area contributed by atoms with Gasteiger partial charge in [-0.2, -0.15) is 0 Å². The van der Waals surface area contributed by atoms with Gasteiger partial charge in [-0.25, -0.2) is 0 Å². The molecule has 2 aliphatic rings. The lowest BCUT2D eigenvalue weighted by Gasteiger charge is -2.27. The molecule has 3 rings (SSSR count). The predicted octanol–water partition coefficient (Wildman–Crippen LogP) is 2.17. The summed E-state index contributed by atoms with van der Waals surface area (Å²) in [6.45, 7) is 5.00. The summed E-state index contributed by atoms with van der Waals surface area (Å²) in [7, 11) is 1.46. The first-order valence-electron chi connectivity index (χ1n) is 7.69. The van der Waals surface area contributed by atoms with Gasteiger partial charge in [-0.15, -0.1) is 0 Å². The van der Waals surface area contributed by atoms with Gasteiger partial charge in [0.1, 0.15) is 0 Å². The Balaban J connectivity index is 1.93. The fourth-order valence-electron chi connectivity index (χ4n) is 3.40. The molecule has 0 saturated carbocycles. The van der Waals surface area contributed by atoms with Gasteiger partial charge in [0.2, 0.25) is 0 Å². The smallest absolute Gasteiger partial charge is 0.261 e. The molecule has 5 heteroatoms. The maximum absolute atomic E-state index is 12.7. The molecule has 1 atom stereocenters. The van der Waals surface area contributed by atoms with Crippen LogP contribution in [-0.4, -0.2) is 47.2 Å². The number of carbonyl (C=O) groups excluding carboxylic acids is 3. The third kappa shape index (κ3) is 2.12. The Bertz CT molecular complexity index is 666. The van der Waals surface area contributed by atoms with Gasteiger partial charge in [0.05, 0.1) is 11.1 Å². The molecule has 0 radical (unpaired) electrons. The number of rotatable bonds is 2. The Labute approximate surface area is 129 Å². The van der Waals surface area contributed by atoms with Crippen molar-refractivity contribution in [3.8, 4) is 0 Å². The van der Waals surface area contributed by atoms with Gasteiger partial charge in [0.15, 0.2) is 0 Å². The maximum atomic E-state index is 12.7. The van der Waals surface area contributed by atoms with Crippen LogP contribution in [0.1, 0.15) is 57.8 Å². The topological polar surface area (TPSA) is 57.7 Å². The van der Waals surface area contributed by atoms with Crippen LogP contribution < -0.4 is 0 Å². The zero-order valence-corrected chi connectivity index (χ0v) is 13.1. The molecule has 1 unspecified atom stereocenters. The van der Waals surface area contributed by atoms with Gasteiger partial charge in [0.25, 0.3) is 17.7 Å². The Morgan fingerprint density at radius 1 is 1.18 bits per heavy atom. The van der Waals surface area contributed by atoms with E-state index in [1.807, 2.05) is 4.90 Å². The van der Waals surface area contributed by atoms with Gasteiger partial charge in [-0.1, -0.05) is 13.8 Å². The molecule has 116 valence electrons. The first-order chi connectivity index (χ1) is 10.4. The van der Waals surface area contributed by atoms with Crippen LogP contribution in [0.5, 0.6) is 0 Å². The number of imide groups is 1. The second-order valence-corrected chi connectivity index (χ2v) is 6.38. The Kier molecular flexibility index (Phi) is 3.51. The molecule has 1 aromatic rings. The van der Waals surface area contributed by atoms with Crippen molar-refractivity contribution < 1.29 is 14.4 Å². The van der Waals surface area contributed by atoms with E-state index in [2.05, 4.69) is 13.8 Å². The number of benzene rings is 1. The highest BCUT2D eigenvalue weighted by Gasteiger charge is 2.35. The molecule has 0 N–H and O–H groups in total. The second-order valence-electron chi connectivity index (χ2n) is 6.38. The van der Waals surface area contributed by atoms with Crippen LogP contribution in [0.25, 0.3) is 0 Å². The van der Waals surface area contributed by atoms with Crippen molar-refractivity contribution in [2.24, 2.45) is 5.92 Å². The summed E-state index contributed by atoms with van der Waals surface area (Å²) in [5.74, 6) is -0.277. The molecule has 3 amide bonds. The fraction of sp³-hybridized carbons (Fsp3) is 0.471. The zero-order valence-electron chi connectivity index (χ0n) is 13.1. The Morgan fingerprint density at radius 2 is 1.86 bits per heavy atom. The summed E-state index contributed by atoms with van der Waals surface area (Å²) in [4.78, 5) is 39.7. The average Bonchev–Trinajstić information content (AvgIpc) is 3.07. The van der Waals surface area contributed by atoms with Crippen LogP contribution in [0.4, 0.5) is 0 Å². The minimum atomic E-state index is -0.337. The normalized spacial score (nSPS) is 21.0. The van der Waals surface area contributed by atoms with Crippen LogP contribution in [0.15, 0.2) is 18.2 Å². The maximum Gasteiger partial charge on any atom is 0.261 e. The summed E-state index contributed by atoms with van der Waals surface area (Å²) in [5, 5.41) is 0. The van der Waals surface area contributed by atoms with Gasteiger partial charge >= 0.3 is 0 Å². The predicted molar refractivity (Wildman–Crippen MR) is 81.8 cm³/mol. The van der Waals surface area contributed by atoms with Gasteiger partial charge in [-0.05, 0) is 37.0 Å². The van der Waals surface area contributed by atoms with E-state index in [4.69, 9.17) is 0 Å². The van der Waals surface area contributed by atoms with E-state index >= 15 is 0 Å². The molecule has 1 fully saturated rings. The average molecular weight is 300 g/mol. The van der Waals surface area contributed by atoms with E-state index in [0.717, 1.165) is 24.3 Å². The van der Waals surface area contributed by atoms with E-state index in [-0.39, 0.29) is 23.8 Å². The van der Waals surface area contributed by atoms with E-state index in [1.54, 1.807) is 18.2 Å². The Hall–Kier alpha value is -2.17. The quantitative estimate of drug-likeness (QED) is 0.787. The monoisotopic (exact) mass is 300 g/mol. The summed E-state index contributed by atoms with van der Waals surface area (Å²) < 4.78 is 0. The lowest BCUT2D eigenvalue weighted by Crippen LogP contribution is -2.38. The van der Waals surface area contributed by atoms with Crippen molar-refractivity contribution in [1.82, 2.24) is 9.80 Å². The first kappa shape index (κ1) is 14.8. The molecule has 2 heterocycles. The minimum absolute atomic E-state index is 0.0474. The zero-order chi connectivity index (χ0) is 16.0. The van der Waals surface area contributed by atoms with Crippen molar-refractivity contribution >= 4 is 17.7 Å². The number of fused-ring (bicyclic) bond motifs is 1. The minimum Gasteiger partial charge on any atom is -0.335 e. The molecule has 0 aromatic heterocycles. The van der Waals surface area contributed by atoms with E-state index in [1.165, 1.54) is 7.05 Å². The highest BCUT2D eigenvalue weighted by Crippen LogP contribution is 2.28. The number of amides is 3. The molecule has 0 spiro atoms. The van der Waals surface area contributed by atoms with E-state index in [0.29, 0.717) is 22.6 Å². The number of nitrogens with zero attached hydrogens (tertiary/aromatic N) is 2. The molecule has 1 aromatic carbocycles. The molecule has 22 heavy (non-hydrogen) atoms. The first-order valence-corrected chi connectivity index (χ1v) is 7.69. The second kappa shape index (κ2) is 5.23. The van der Waals surface area contributed by atoms with Crippen LogP contribution in [0, 0.1) is 5.92 Å². The van der Waals surface area contributed by atoms with Gasteiger partial charge in [-0.3, -0.25) is 19.3 Å². The van der Waals surface area contributed by atoms with Crippen molar-refractivity contribution in [2.75, 3.05) is 13.6 Å². The number of hydrogen-bond donors (Lipinski definition) is 0. The highest BCUT2D eigenvalue weighted by atomic mass is 16.2. The summed E-state index contributed by atoms with van der Waals surface area (Å²) >= 11 is 0. The van der Waals surface area contributed by atoms with Crippen LogP contribution in [-0.2, 0) is 0 Å². The van der Waals surface area contributed by atoms with Crippen molar-refractivity contribution in [1.29, 1.82) is 0 Å². The molecular weight excluding hydrogens is 280 g/mol. The SMILES string of the molecule is CC(C)C1CCCN1C(=O)c1ccc2c(c1)C(=O)N(C)C2=O. The van der Waals surface area contributed by atoms with E-state index < -0.39 is 0 Å². The van der Waals surface area contributed by atoms with E-state index in [9.17, 15) is 14.4 Å². The highest BCUT2D eigenvalue weighted by molar-refractivity contribution is 6.21. The third-order valence-electron chi connectivity index (χ3n) is 4.67. The largest absolute Gasteiger partial charge is 0.335 e. The standard InChI is InChI=1S/C17H20N2O3/c1-10(2)14-5-4-8-19(14)15(20)11-6-7-12-13(9-11)17(22)18(3)16(12)21/h6-7,9-10,14H,4-5,8H2,1-3H3. The number of likely N-dealkylation sites (tertiary alicyclic amines) is 1. The summed E-state index contributed by atoms with van der Waals surface area (Å²) in [6, 6.07) is 5.06. The van der Waals surface area contributed by atoms with Crippen LogP contribution in [0.3, 0.4) is 0 Å².